The van der Waals surface area contributed by atoms with Crippen LogP contribution in [0.1, 0.15) is 11.5 Å². The Morgan fingerprint density at radius 3 is 2.65 bits per heavy atom. The standard InChI is InChI=1S/C18H13N3O5/c22-21(23)14-4-2-1-3-12(14)6-8-17-19-20-18(26-17)13-5-7-15-16(11-13)25-10-9-24-15/h1-8,11H,9-10H2/b8-6+. The van der Waals surface area contributed by atoms with Gasteiger partial charge in [-0.15, -0.1) is 10.2 Å². The first-order valence-corrected chi connectivity index (χ1v) is 7.86. The van der Waals surface area contributed by atoms with E-state index < -0.39 is 4.92 Å². The van der Waals surface area contributed by atoms with E-state index in [4.69, 9.17) is 13.9 Å². The molecule has 0 saturated heterocycles. The summed E-state index contributed by atoms with van der Waals surface area (Å²) < 4.78 is 16.6. The van der Waals surface area contributed by atoms with Crippen LogP contribution in [0.4, 0.5) is 5.69 Å². The second-order valence-electron chi connectivity index (χ2n) is 5.45. The maximum atomic E-state index is 11.0. The van der Waals surface area contributed by atoms with E-state index in [0.29, 0.717) is 41.7 Å². The predicted molar refractivity (Wildman–Crippen MR) is 92.7 cm³/mol. The minimum Gasteiger partial charge on any atom is -0.486 e. The van der Waals surface area contributed by atoms with Crippen LogP contribution in [0.15, 0.2) is 46.9 Å². The molecule has 2 aromatic carbocycles. The molecule has 4 rings (SSSR count). The number of nitro benzene ring substituents is 1. The zero-order chi connectivity index (χ0) is 17.9. The van der Waals surface area contributed by atoms with Crippen LogP contribution in [0.3, 0.4) is 0 Å². The highest BCUT2D eigenvalue weighted by molar-refractivity contribution is 5.72. The molecule has 0 N–H and O–H groups in total. The van der Waals surface area contributed by atoms with Gasteiger partial charge in [-0.05, 0) is 30.3 Å². The van der Waals surface area contributed by atoms with Gasteiger partial charge in [0.15, 0.2) is 11.5 Å². The van der Waals surface area contributed by atoms with Gasteiger partial charge in [-0.2, -0.15) is 0 Å². The van der Waals surface area contributed by atoms with E-state index in [1.165, 1.54) is 12.1 Å². The number of nitrogens with zero attached hydrogens (tertiary/aromatic N) is 3. The van der Waals surface area contributed by atoms with E-state index in [0.717, 1.165) is 0 Å². The number of benzene rings is 2. The molecule has 0 atom stereocenters. The molecule has 0 bridgehead atoms. The molecule has 0 amide bonds. The summed E-state index contributed by atoms with van der Waals surface area (Å²) in [6.45, 7) is 1.01. The van der Waals surface area contributed by atoms with Crippen LogP contribution < -0.4 is 9.47 Å². The number of hydrogen-bond donors (Lipinski definition) is 0. The van der Waals surface area contributed by atoms with E-state index in [9.17, 15) is 10.1 Å². The SMILES string of the molecule is O=[N+]([O-])c1ccccc1/C=C/c1nnc(-c2ccc3c(c2)OCCO3)o1. The van der Waals surface area contributed by atoms with Crippen molar-refractivity contribution in [2.75, 3.05) is 13.2 Å². The van der Waals surface area contributed by atoms with Crippen molar-refractivity contribution < 1.29 is 18.8 Å². The Balaban J connectivity index is 1.58. The fourth-order valence-corrected chi connectivity index (χ4v) is 2.55. The molecular weight excluding hydrogens is 338 g/mol. The van der Waals surface area contributed by atoms with E-state index in [1.807, 2.05) is 0 Å². The lowest BCUT2D eigenvalue weighted by atomic mass is 10.1. The van der Waals surface area contributed by atoms with Crippen molar-refractivity contribution in [3.8, 4) is 23.0 Å². The topological polar surface area (TPSA) is 101 Å². The van der Waals surface area contributed by atoms with Gasteiger partial charge in [-0.3, -0.25) is 10.1 Å². The normalized spacial score (nSPS) is 13.1. The van der Waals surface area contributed by atoms with Gasteiger partial charge < -0.3 is 13.9 Å². The molecule has 0 saturated carbocycles. The Labute approximate surface area is 147 Å². The van der Waals surface area contributed by atoms with E-state index in [-0.39, 0.29) is 11.6 Å². The Bertz CT molecular complexity index is 996. The monoisotopic (exact) mass is 351 g/mol. The third-order valence-corrected chi connectivity index (χ3v) is 3.77. The van der Waals surface area contributed by atoms with Crippen molar-refractivity contribution in [1.82, 2.24) is 10.2 Å². The fourth-order valence-electron chi connectivity index (χ4n) is 2.55. The molecule has 130 valence electrons. The number of aromatic nitrogens is 2. The van der Waals surface area contributed by atoms with Crippen LogP contribution in [0.5, 0.6) is 11.5 Å². The highest BCUT2D eigenvalue weighted by atomic mass is 16.6. The van der Waals surface area contributed by atoms with E-state index in [2.05, 4.69) is 10.2 Å². The van der Waals surface area contributed by atoms with Gasteiger partial charge in [-0.1, -0.05) is 12.1 Å². The maximum Gasteiger partial charge on any atom is 0.276 e. The van der Waals surface area contributed by atoms with Crippen molar-refractivity contribution in [3.05, 3.63) is 64.0 Å². The first-order chi connectivity index (χ1) is 12.7. The van der Waals surface area contributed by atoms with Crippen molar-refractivity contribution >= 4 is 17.8 Å². The molecule has 0 spiro atoms. The maximum absolute atomic E-state index is 11.0. The zero-order valence-corrected chi connectivity index (χ0v) is 13.5. The van der Waals surface area contributed by atoms with E-state index >= 15 is 0 Å². The summed E-state index contributed by atoms with van der Waals surface area (Å²) in [5.74, 6) is 1.87. The van der Waals surface area contributed by atoms with Crippen molar-refractivity contribution in [2.45, 2.75) is 0 Å². The van der Waals surface area contributed by atoms with Crippen LogP contribution >= 0.6 is 0 Å². The van der Waals surface area contributed by atoms with Gasteiger partial charge in [0.1, 0.15) is 13.2 Å². The summed E-state index contributed by atoms with van der Waals surface area (Å²) >= 11 is 0. The second kappa shape index (κ2) is 6.67. The molecule has 26 heavy (non-hydrogen) atoms. The Hall–Kier alpha value is -3.68. The summed E-state index contributed by atoms with van der Waals surface area (Å²) in [6.07, 6.45) is 3.11. The quantitative estimate of drug-likeness (QED) is 0.523. The number of nitro groups is 1. The summed E-state index contributed by atoms with van der Waals surface area (Å²) in [4.78, 5) is 10.6. The number of hydrogen-bond acceptors (Lipinski definition) is 7. The number of fused-ring (bicyclic) bond motifs is 1. The second-order valence-corrected chi connectivity index (χ2v) is 5.45. The molecule has 1 aromatic heterocycles. The summed E-state index contributed by atoms with van der Waals surface area (Å²) in [5.41, 5.74) is 1.17. The molecule has 2 heterocycles. The largest absolute Gasteiger partial charge is 0.486 e. The predicted octanol–water partition coefficient (Wildman–Crippen LogP) is 3.59. The van der Waals surface area contributed by atoms with Gasteiger partial charge >= 0.3 is 0 Å². The lowest BCUT2D eigenvalue weighted by molar-refractivity contribution is -0.385. The lowest BCUT2D eigenvalue weighted by Crippen LogP contribution is -2.15. The van der Waals surface area contributed by atoms with Crippen LogP contribution in [-0.2, 0) is 0 Å². The van der Waals surface area contributed by atoms with Crippen molar-refractivity contribution in [1.29, 1.82) is 0 Å². The van der Waals surface area contributed by atoms with Gasteiger partial charge in [0.05, 0.1) is 10.5 Å². The van der Waals surface area contributed by atoms with Crippen molar-refractivity contribution in [2.24, 2.45) is 0 Å². The average Bonchev–Trinajstić information content (AvgIpc) is 3.15. The molecule has 1 aliphatic heterocycles. The van der Waals surface area contributed by atoms with Crippen molar-refractivity contribution in [3.63, 3.8) is 0 Å². The summed E-state index contributed by atoms with van der Waals surface area (Å²) in [5, 5.41) is 19.0. The number of rotatable bonds is 4. The number of ether oxygens (including phenoxy) is 2. The molecular formula is C18H13N3O5. The summed E-state index contributed by atoms with van der Waals surface area (Å²) in [7, 11) is 0. The Morgan fingerprint density at radius 2 is 1.81 bits per heavy atom. The highest BCUT2D eigenvalue weighted by Crippen LogP contribution is 2.34. The van der Waals surface area contributed by atoms with Crippen LogP contribution in [0.25, 0.3) is 23.6 Å². The molecule has 8 nitrogen and oxygen atoms in total. The van der Waals surface area contributed by atoms with Gasteiger partial charge in [0.25, 0.3) is 5.69 Å². The van der Waals surface area contributed by atoms with Crippen LogP contribution in [0.2, 0.25) is 0 Å². The van der Waals surface area contributed by atoms with Crippen LogP contribution in [-0.4, -0.2) is 28.3 Å². The van der Waals surface area contributed by atoms with Gasteiger partial charge in [0, 0.05) is 17.7 Å². The van der Waals surface area contributed by atoms with Crippen LogP contribution in [0, 0.1) is 10.1 Å². The third kappa shape index (κ3) is 3.12. The first kappa shape index (κ1) is 15.8. The zero-order valence-electron chi connectivity index (χ0n) is 13.5. The Morgan fingerprint density at radius 1 is 1.00 bits per heavy atom. The Kier molecular flexibility index (Phi) is 4.06. The minimum atomic E-state index is -0.436. The average molecular weight is 351 g/mol. The van der Waals surface area contributed by atoms with Gasteiger partial charge in [0.2, 0.25) is 11.8 Å². The molecule has 0 aliphatic carbocycles. The highest BCUT2D eigenvalue weighted by Gasteiger charge is 2.15. The van der Waals surface area contributed by atoms with Gasteiger partial charge in [-0.25, -0.2) is 0 Å². The molecule has 1 aliphatic rings. The molecule has 3 aromatic rings. The van der Waals surface area contributed by atoms with E-state index in [1.54, 1.807) is 42.5 Å². The fraction of sp³-hybridized carbons (Fsp3) is 0.111. The number of para-hydroxylation sites is 1. The first-order valence-electron chi connectivity index (χ1n) is 7.86. The third-order valence-electron chi connectivity index (χ3n) is 3.77. The summed E-state index contributed by atoms with van der Waals surface area (Å²) in [6, 6.07) is 11.8. The molecule has 0 unspecified atom stereocenters. The molecule has 0 radical (unpaired) electrons. The minimum absolute atomic E-state index is 0.00956. The lowest BCUT2D eigenvalue weighted by Gasteiger charge is -2.18. The smallest absolute Gasteiger partial charge is 0.276 e. The molecule has 8 heteroatoms. The molecule has 0 fully saturated rings.